The van der Waals surface area contributed by atoms with Crippen molar-refractivity contribution in [2.24, 2.45) is 0 Å². The molecule has 1 aromatic carbocycles. The smallest absolute Gasteiger partial charge is 0.338 e. The highest BCUT2D eigenvalue weighted by molar-refractivity contribution is 6.01. The molecule has 0 amide bonds. The summed E-state index contributed by atoms with van der Waals surface area (Å²) < 4.78 is 33.6. The highest BCUT2D eigenvalue weighted by atomic mass is 16.5. The summed E-state index contributed by atoms with van der Waals surface area (Å²) in [6.07, 6.45) is 0. The molecule has 13 heavy (non-hydrogen) atoms. The molecule has 0 N–H and O–H groups in total. The first kappa shape index (κ1) is 5.01. The van der Waals surface area contributed by atoms with E-state index in [0.29, 0.717) is 0 Å². The molecule has 4 nitrogen and oxygen atoms in total. The van der Waals surface area contributed by atoms with Crippen LogP contribution in [0.25, 0.3) is 0 Å². The Bertz CT molecular complexity index is 512. The molecule has 0 aliphatic rings. The first-order valence-electron chi connectivity index (χ1n) is 5.22. The quantitative estimate of drug-likeness (QED) is 0.597. The standard InChI is InChI=1S/C9H8O4/c1-13-9(12)7-5-3-2-4-6(7)8(10)11/h2-5H,1H3,(H,10,11)/p-1/i2D,3D,4D,5D. The van der Waals surface area contributed by atoms with Gasteiger partial charge in [-0.2, -0.15) is 0 Å². The van der Waals surface area contributed by atoms with Gasteiger partial charge in [0.2, 0.25) is 0 Å². The van der Waals surface area contributed by atoms with E-state index in [4.69, 9.17) is 5.48 Å². The summed E-state index contributed by atoms with van der Waals surface area (Å²) in [5.41, 5.74) is -1.64. The minimum Gasteiger partial charge on any atom is -0.545 e. The number of carbonyl (C=O) groups is 2. The third-order valence-corrected chi connectivity index (χ3v) is 1.28. The topological polar surface area (TPSA) is 66.4 Å². The molecule has 1 rings (SSSR count). The average molecular weight is 183 g/mol. The van der Waals surface area contributed by atoms with Gasteiger partial charge in [0.1, 0.15) is 0 Å². The molecule has 0 radical (unpaired) electrons. The van der Waals surface area contributed by atoms with E-state index in [9.17, 15) is 14.7 Å². The lowest BCUT2D eigenvalue weighted by molar-refractivity contribution is -0.255. The molecular formula is C9H7O4-. The number of carbonyl (C=O) groups excluding carboxylic acids is 2. The van der Waals surface area contributed by atoms with Crippen molar-refractivity contribution in [1.29, 1.82) is 0 Å². The molecular weight excluding hydrogens is 172 g/mol. The molecule has 0 saturated carbocycles. The molecule has 0 heterocycles. The van der Waals surface area contributed by atoms with Gasteiger partial charge >= 0.3 is 5.97 Å². The number of rotatable bonds is 2. The first-order chi connectivity index (χ1) is 7.82. The number of aromatic carboxylic acids is 1. The van der Waals surface area contributed by atoms with E-state index in [0.717, 1.165) is 7.11 Å². The Morgan fingerprint density at radius 3 is 2.38 bits per heavy atom. The number of carboxylic acids is 1. The Hall–Kier alpha value is -1.84. The van der Waals surface area contributed by atoms with Gasteiger partial charge < -0.3 is 14.6 Å². The fraction of sp³-hybridized carbons (Fsp3) is 0.111. The van der Waals surface area contributed by atoms with Crippen LogP contribution in [0.3, 0.4) is 0 Å². The van der Waals surface area contributed by atoms with E-state index < -0.39 is 47.2 Å². The van der Waals surface area contributed by atoms with E-state index in [1.165, 1.54) is 0 Å². The lowest BCUT2D eigenvalue weighted by Gasteiger charge is -2.07. The van der Waals surface area contributed by atoms with Gasteiger partial charge in [-0.3, -0.25) is 0 Å². The van der Waals surface area contributed by atoms with Gasteiger partial charge in [-0.25, -0.2) is 4.79 Å². The number of hydrogen-bond donors (Lipinski definition) is 0. The summed E-state index contributed by atoms with van der Waals surface area (Å²) in [5, 5.41) is 10.8. The summed E-state index contributed by atoms with van der Waals surface area (Å²) in [7, 11) is 0.975. The summed E-state index contributed by atoms with van der Waals surface area (Å²) in [6.45, 7) is 0. The van der Waals surface area contributed by atoms with Crippen molar-refractivity contribution in [2.75, 3.05) is 7.11 Å². The zero-order valence-corrected chi connectivity index (χ0v) is 6.63. The minimum atomic E-state index is -1.86. The van der Waals surface area contributed by atoms with Crippen LogP contribution < -0.4 is 5.11 Å². The van der Waals surface area contributed by atoms with Crippen molar-refractivity contribution >= 4 is 11.9 Å². The van der Waals surface area contributed by atoms with Crippen LogP contribution in [-0.4, -0.2) is 19.0 Å². The fourth-order valence-electron chi connectivity index (χ4n) is 0.721. The van der Waals surface area contributed by atoms with Crippen LogP contribution in [0.5, 0.6) is 0 Å². The van der Waals surface area contributed by atoms with Crippen molar-refractivity contribution in [2.45, 2.75) is 0 Å². The lowest BCUT2D eigenvalue weighted by Crippen LogP contribution is -2.25. The molecule has 0 aromatic heterocycles. The molecule has 0 aliphatic heterocycles. The zero-order chi connectivity index (χ0) is 13.3. The van der Waals surface area contributed by atoms with Gasteiger partial charge in [-0.1, -0.05) is 18.1 Å². The number of esters is 1. The highest BCUT2D eigenvalue weighted by Gasteiger charge is 2.10. The largest absolute Gasteiger partial charge is 0.545 e. The normalized spacial score (nSPS) is 13.6. The predicted octanol–water partition coefficient (Wildman–Crippen LogP) is -0.163. The van der Waals surface area contributed by atoms with E-state index in [2.05, 4.69) is 4.74 Å². The maximum Gasteiger partial charge on any atom is 0.338 e. The summed E-state index contributed by atoms with van der Waals surface area (Å²) >= 11 is 0. The lowest BCUT2D eigenvalue weighted by atomic mass is 10.1. The van der Waals surface area contributed by atoms with Gasteiger partial charge in [-0.15, -0.1) is 0 Å². The molecule has 4 heteroatoms. The van der Waals surface area contributed by atoms with Crippen molar-refractivity contribution < 1.29 is 24.9 Å². The minimum absolute atomic E-state index is 0.708. The van der Waals surface area contributed by atoms with E-state index in [1.807, 2.05) is 0 Å². The molecule has 0 fully saturated rings. The number of methoxy groups -OCH3 is 1. The second kappa shape index (κ2) is 3.71. The number of carboxylic acid groups (broad SMARTS) is 1. The maximum atomic E-state index is 11.3. The molecule has 1 aromatic rings. The Morgan fingerprint density at radius 1 is 1.38 bits per heavy atom. The molecule has 0 unspecified atom stereocenters. The highest BCUT2D eigenvalue weighted by Crippen LogP contribution is 2.08. The van der Waals surface area contributed by atoms with Crippen LogP contribution in [0.2, 0.25) is 0 Å². The fourth-order valence-corrected chi connectivity index (χ4v) is 0.721. The van der Waals surface area contributed by atoms with Gasteiger partial charge in [0, 0.05) is 5.56 Å². The second-order valence-corrected chi connectivity index (χ2v) is 2.03. The number of benzene rings is 1. The summed E-state index contributed by atoms with van der Waals surface area (Å²) in [6, 6.07) is -3.06. The molecule has 0 atom stereocenters. The second-order valence-electron chi connectivity index (χ2n) is 2.03. The van der Waals surface area contributed by atoms with Gasteiger partial charge in [0.15, 0.2) is 0 Å². The van der Waals surface area contributed by atoms with Gasteiger partial charge in [-0.05, 0) is 6.04 Å². The molecule has 0 saturated heterocycles. The van der Waals surface area contributed by atoms with E-state index in [-0.39, 0.29) is 0 Å². The number of ether oxygens (including phenoxy) is 1. The van der Waals surface area contributed by atoms with E-state index >= 15 is 0 Å². The average Bonchev–Trinajstić information content (AvgIpc) is 2.29. The summed E-state index contributed by atoms with van der Waals surface area (Å²) in [4.78, 5) is 22.1. The molecule has 0 bridgehead atoms. The first-order valence-corrected chi connectivity index (χ1v) is 3.22. The SMILES string of the molecule is [2H]c1c([2H])c([2H])c(C(=O)OC)c(C(=O)[O-])c1[2H]. The van der Waals surface area contributed by atoms with Gasteiger partial charge in [0.05, 0.1) is 24.1 Å². The van der Waals surface area contributed by atoms with Crippen molar-refractivity contribution in [3.05, 3.63) is 35.3 Å². The maximum absolute atomic E-state index is 11.3. The summed E-state index contributed by atoms with van der Waals surface area (Å²) in [5.74, 6) is -3.02. The van der Waals surface area contributed by atoms with Crippen LogP contribution >= 0.6 is 0 Å². The molecule has 68 valence electrons. The Balaban J connectivity index is 3.78. The van der Waals surface area contributed by atoms with Crippen molar-refractivity contribution in [1.82, 2.24) is 0 Å². The van der Waals surface area contributed by atoms with Crippen LogP contribution in [0.1, 0.15) is 26.2 Å². The van der Waals surface area contributed by atoms with Crippen LogP contribution in [0, 0.1) is 0 Å². The number of hydrogen-bond acceptors (Lipinski definition) is 4. The Morgan fingerprint density at radius 2 is 1.92 bits per heavy atom. The third kappa shape index (κ3) is 1.84. The predicted molar refractivity (Wildman–Crippen MR) is 42.1 cm³/mol. The van der Waals surface area contributed by atoms with Crippen LogP contribution in [0.4, 0.5) is 0 Å². The van der Waals surface area contributed by atoms with Crippen molar-refractivity contribution in [3.8, 4) is 0 Å². The Labute approximate surface area is 80.4 Å². The van der Waals surface area contributed by atoms with Crippen LogP contribution in [0.15, 0.2) is 24.2 Å². The third-order valence-electron chi connectivity index (χ3n) is 1.28. The monoisotopic (exact) mass is 183 g/mol. The van der Waals surface area contributed by atoms with Gasteiger partial charge in [0.25, 0.3) is 0 Å². The Kier molecular flexibility index (Phi) is 1.43. The molecule has 0 spiro atoms. The zero-order valence-electron chi connectivity index (χ0n) is 10.6. The van der Waals surface area contributed by atoms with Crippen LogP contribution in [-0.2, 0) is 4.74 Å². The molecule has 0 aliphatic carbocycles. The van der Waals surface area contributed by atoms with Crippen molar-refractivity contribution in [3.63, 3.8) is 0 Å². The van der Waals surface area contributed by atoms with E-state index in [1.54, 1.807) is 0 Å².